The molecule has 6 nitrogen and oxygen atoms in total. The van der Waals surface area contributed by atoms with Gasteiger partial charge in [-0.15, -0.1) is 0 Å². The summed E-state index contributed by atoms with van der Waals surface area (Å²) in [6, 6.07) is 13.6. The van der Waals surface area contributed by atoms with Gasteiger partial charge in [-0.2, -0.15) is 4.31 Å². The van der Waals surface area contributed by atoms with Crippen LogP contribution in [0.15, 0.2) is 53.4 Å². The smallest absolute Gasteiger partial charge is 0.251 e. The fourth-order valence-electron chi connectivity index (χ4n) is 2.62. The Bertz CT molecular complexity index is 845. The molecule has 2 rings (SSSR count). The third kappa shape index (κ3) is 4.83. The maximum atomic E-state index is 12.6. The van der Waals surface area contributed by atoms with Crippen molar-refractivity contribution in [1.82, 2.24) is 9.62 Å². The topological polar surface area (TPSA) is 92.5 Å². The van der Waals surface area contributed by atoms with Crippen molar-refractivity contribution in [2.75, 3.05) is 25.4 Å². The van der Waals surface area contributed by atoms with E-state index in [9.17, 15) is 13.2 Å². The lowest BCUT2D eigenvalue weighted by atomic mass is 10.1. The Kier molecular flexibility index (Phi) is 6.76. The molecule has 0 atom stereocenters. The number of carbonyl (C=O) groups excluding carboxylic acids is 1. The average molecular weight is 375 g/mol. The third-order valence-electron chi connectivity index (χ3n) is 4.12. The molecule has 0 aliphatic heterocycles. The first kappa shape index (κ1) is 19.9. The van der Waals surface area contributed by atoms with Crippen LogP contribution in [-0.4, -0.2) is 38.3 Å². The fraction of sp³-hybridized carbons (Fsp3) is 0.316. The summed E-state index contributed by atoms with van der Waals surface area (Å²) in [5.41, 5.74) is 7.74. The molecule has 7 heteroatoms. The predicted molar refractivity (Wildman–Crippen MR) is 103 cm³/mol. The number of nitrogen functional groups attached to an aromatic ring is 1. The van der Waals surface area contributed by atoms with Gasteiger partial charge >= 0.3 is 0 Å². The van der Waals surface area contributed by atoms with Gasteiger partial charge in [0.1, 0.15) is 0 Å². The number of rotatable bonds is 8. The Morgan fingerprint density at radius 3 is 2.35 bits per heavy atom. The molecule has 0 unspecified atom stereocenters. The minimum absolute atomic E-state index is 0.132. The molecule has 0 spiro atoms. The molecule has 0 aliphatic carbocycles. The Balaban J connectivity index is 2.04. The van der Waals surface area contributed by atoms with E-state index in [0.717, 1.165) is 5.56 Å². The number of carbonyl (C=O) groups is 1. The normalized spacial score (nSPS) is 11.5. The van der Waals surface area contributed by atoms with E-state index < -0.39 is 10.0 Å². The number of nitrogens with one attached hydrogen (secondary N) is 1. The van der Waals surface area contributed by atoms with E-state index in [1.165, 1.54) is 16.4 Å². The number of hydrogen-bond acceptors (Lipinski definition) is 4. The molecule has 0 fully saturated rings. The van der Waals surface area contributed by atoms with Gasteiger partial charge in [0, 0.05) is 30.9 Å². The van der Waals surface area contributed by atoms with Gasteiger partial charge in [-0.25, -0.2) is 8.42 Å². The summed E-state index contributed by atoms with van der Waals surface area (Å²) in [6.45, 7) is 4.80. The van der Waals surface area contributed by atoms with Crippen LogP contribution in [0.25, 0.3) is 0 Å². The highest BCUT2D eigenvalue weighted by Crippen LogP contribution is 2.17. The van der Waals surface area contributed by atoms with Crippen LogP contribution < -0.4 is 11.1 Å². The third-order valence-corrected chi connectivity index (χ3v) is 6.16. The van der Waals surface area contributed by atoms with E-state index in [0.29, 0.717) is 37.3 Å². The van der Waals surface area contributed by atoms with Gasteiger partial charge in [0.25, 0.3) is 5.91 Å². The Morgan fingerprint density at radius 1 is 1.08 bits per heavy atom. The summed E-state index contributed by atoms with van der Waals surface area (Å²) >= 11 is 0. The van der Waals surface area contributed by atoms with Crippen molar-refractivity contribution < 1.29 is 13.2 Å². The summed E-state index contributed by atoms with van der Waals surface area (Å²) in [5, 5.41) is 2.82. The first-order valence-electron chi connectivity index (χ1n) is 8.61. The summed E-state index contributed by atoms with van der Waals surface area (Å²) < 4.78 is 26.5. The van der Waals surface area contributed by atoms with Gasteiger partial charge in [0.2, 0.25) is 10.0 Å². The zero-order chi connectivity index (χ0) is 19.2. The molecule has 0 radical (unpaired) electrons. The monoisotopic (exact) mass is 375 g/mol. The zero-order valence-corrected chi connectivity index (χ0v) is 15.9. The van der Waals surface area contributed by atoms with Crippen LogP contribution in [0.2, 0.25) is 0 Å². The van der Waals surface area contributed by atoms with Gasteiger partial charge in [0.15, 0.2) is 0 Å². The van der Waals surface area contributed by atoms with E-state index >= 15 is 0 Å². The van der Waals surface area contributed by atoms with Crippen molar-refractivity contribution in [3.8, 4) is 0 Å². The fourth-order valence-corrected chi connectivity index (χ4v) is 4.12. The Hall–Kier alpha value is -2.38. The van der Waals surface area contributed by atoms with Crippen molar-refractivity contribution >= 4 is 21.6 Å². The number of hydrogen-bond donors (Lipinski definition) is 2. The molecule has 0 aromatic heterocycles. The summed E-state index contributed by atoms with van der Waals surface area (Å²) in [4.78, 5) is 12.5. The lowest BCUT2D eigenvalue weighted by Crippen LogP contribution is -2.31. The van der Waals surface area contributed by atoms with Crippen LogP contribution in [0.4, 0.5) is 5.69 Å². The SMILES string of the molecule is CCN(CC)S(=O)(=O)c1cccc(C(=O)NCCc2ccc(N)cc2)c1. The molecular weight excluding hydrogens is 350 g/mol. The van der Waals surface area contributed by atoms with Gasteiger partial charge in [-0.3, -0.25) is 4.79 Å². The number of nitrogens with zero attached hydrogens (tertiary/aromatic N) is 1. The second-order valence-corrected chi connectivity index (χ2v) is 7.80. The highest BCUT2D eigenvalue weighted by molar-refractivity contribution is 7.89. The second-order valence-electron chi connectivity index (χ2n) is 5.86. The number of benzene rings is 2. The maximum absolute atomic E-state index is 12.6. The maximum Gasteiger partial charge on any atom is 0.251 e. The van der Waals surface area contributed by atoms with Gasteiger partial charge in [0.05, 0.1) is 4.90 Å². The standard InChI is InChI=1S/C19H25N3O3S/c1-3-22(4-2)26(24,25)18-7-5-6-16(14-18)19(23)21-13-12-15-8-10-17(20)11-9-15/h5-11,14H,3-4,12-13,20H2,1-2H3,(H,21,23). The molecule has 2 aromatic carbocycles. The summed E-state index contributed by atoms with van der Waals surface area (Å²) in [6.07, 6.45) is 0.670. The number of nitrogens with two attached hydrogens (primary N) is 1. The van der Waals surface area contributed by atoms with Crippen molar-refractivity contribution in [2.24, 2.45) is 0 Å². The molecule has 3 N–H and O–H groups in total. The molecule has 1 amide bonds. The van der Waals surface area contributed by atoms with Crippen molar-refractivity contribution in [3.63, 3.8) is 0 Å². The van der Waals surface area contributed by atoms with Crippen LogP contribution in [0.5, 0.6) is 0 Å². The van der Waals surface area contributed by atoms with E-state index in [4.69, 9.17) is 5.73 Å². The van der Waals surface area contributed by atoms with Crippen LogP contribution in [0, 0.1) is 0 Å². The molecule has 0 saturated heterocycles. The highest BCUT2D eigenvalue weighted by atomic mass is 32.2. The molecular formula is C19H25N3O3S. The molecule has 26 heavy (non-hydrogen) atoms. The van der Waals surface area contributed by atoms with E-state index in [2.05, 4.69) is 5.32 Å². The first-order valence-corrected chi connectivity index (χ1v) is 10.0. The molecule has 0 saturated carbocycles. The van der Waals surface area contributed by atoms with Crippen LogP contribution in [0.3, 0.4) is 0 Å². The van der Waals surface area contributed by atoms with Crippen molar-refractivity contribution in [3.05, 3.63) is 59.7 Å². The van der Waals surface area contributed by atoms with E-state index in [-0.39, 0.29) is 10.8 Å². The zero-order valence-electron chi connectivity index (χ0n) is 15.1. The van der Waals surface area contributed by atoms with Gasteiger partial charge in [-0.1, -0.05) is 32.0 Å². The van der Waals surface area contributed by atoms with Crippen molar-refractivity contribution in [2.45, 2.75) is 25.2 Å². The average Bonchev–Trinajstić information content (AvgIpc) is 2.64. The van der Waals surface area contributed by atoms with E-state index in [1.54, 1.807) is 26.0 Å². The lowest BCUT2D eigenvalue weighted by molar-refractivity contribution is 0.0954. The Labute approximate surface area is 155 Å². The largest absolute Gasteiger partial charge is 0.399 e. The number of amides is 1. The summed E-state index contributed by atoms with van der Waals surface area (Å²) in [5.74, 6) is -0.294. The predicted octanol–water partition coefficient (Wildman–Crippen LogP) is 2.27. The Morgan fingerprint density at radius 2 is 1.73 bits per heavy atom. The minimum Gasteiger partial charge on any atom is -0.399 e. The number of sulfonamides is 1. The van der Waals surface area contributed by atoms with Gasteiger partial charge < -0.3 is 11.1 Å². The van der Waals surface area contributed by atoms with Crippen LogP contribution in [0.1, 0.15) is 29.8 Å². The molecule has 0 heterocycles. The molecule has 2 aromatic rings. The van der Waals surface area contributed by atoms with E-state index in [1.807, 2.05) is 24.3 Å². The molecule has 140 valence electrons. The molecule has 0 bridgehead atoms. The van der Waals surface area contributed by atoms with Crippen LogP contribution in [-0.2, 0) is 16.4 Å². The first-order chi connectivity index (χ1) is 12.4. The van der Waals surface area contributed by atoms with Gasteiger partial charge in [-0.05, 0) is 42.3 Å². The quantitative estimate of drug-likeness (QED) is 0.692. The number of anilines is 1. The highest BCUT2D eigenvalue weighted by Gasteiger charge is 2.22. The lowest BCUT2D eigenvalue weighted by Gasteiger charge is -2.18. The van der Waals surface area contributed by atoms with Crippen LogP contribution >= 0.6 is 0 Å². The van der Waals surface area contributed by atoms with Crippen molar-refractivity contribution in [1.29, 1.82) is 0 Å². The minimum atomic E-state index is -3.58. The second kappa shape index (κ2) is 8.82. The molecule has 0 aliphatic rings. The summed E-state index contributed by atoms with van der Waals surface area (Å²) in [7, 11) is -3.58.